The molecule has 0 saturated heterocycles. The summed E-state index contributed by atoms with van der Waals surface area (Å²) in [5, 5.41) is 7.98. The monoisotopic (exact) mass is 456 g/mol. The number of fused-ring (bicyclic) bond motifs is 1. The number of pyridine rings is 3. The van der Waals surface area contributed by atoms with Crippen LogP contribution in [0.2, 0.25) is 0 Å². The van der Waals surface area contributed by atoms with Crippen molar-refractivity contribution in [1.82, 2.24) is 24.7 Å². The summed E-state index contributed by atoms with van der Waals surface area (Å²) in [5.74, 6) is 1.15. The molecule has 0 aliphatic carbocycles. The fraction of sp³-hybridized carbons (Fsp3) is 0.333. The molecular weight excluding hydrogens is 426 g/mol. The van der Waals surface area contributed by atoms with Gasteiger partial charge in [-0.25, -0.2) is 15.0 Å². The number of hydrogen-bond donors (Lipinski definition) is 1. The summed E-state index contributed by atoms with van der Waals surface area (Å²) in [4.78, 5) is 13.8. The number of ether oxygens (including phenoxy) is 2. The Bertz CT molecular complexity index is 1320. The Morgan fingerprint density at radius 1 is 1.12 bits per heavy atom. The summed E-state index contributed by atoms with van der Waals surface area (Å²) in [6.45, 7) is 8.76. The zero-order chi connectivity index (χ0) is 24.5. The van der Waals surface area contributed by atoms with Crippen LogP contribution in [0.15, 0.2) is 42.7 Å². The van der Waals surface area contributed by atoms with Gasteiger partial charge in [-0.05, 0) is 52.0 Å². The SMILES string of the molecule is BC(B)(C)Oc1ncccc1-c1cc(NCc2cccnc2OC)c2c(n1)c(C)nn2C(C)C. The summed E-state index contributed by atoms with van der Waals surface area (Å²) in [6.07, 6.45) is 3.46. The van der Waals surface area contributed by atoms with Gasteiger partial charge in [0, 0.05) is 35.9 Å². The number of nitrogens with one attached hydrogen (secondary N) is 1. The largest absolute Gasteiger partial charge is 0.490 e. The molecule has 4 rings (SSSR count). The molecule has 4 aromatic heterocycles. The normalized spacial score (nSPS) is 11.7. The zero-order valence-corrected chi connectivity index (χ0v) is 20.9. The van der Waals surface area contributed by atoms with Crippen LogP contribution in [-0.2, 0) is 6.54 Å². The van der Waals surface area contributed by atoms with Gasteiger partial charge in [0.25, 0.3) is 0 Å². The van der Waals surface area contributed by atoms with Crippen LogP contribution in [0, 0.1) is 6.92 Å². The Labute approximate surface area is 201 Å². The van der Waals surface area contributed by atoms with Crippen molar-refractivity contribution >= 4 is 32.4 Å². The van der Waals surface area contributed by atoms with Crippen LogP contribution in [0.25, 0.3) is 22.3 Å². The second-order valence-corrected chi connectivity index (χ2v) is 9.47. The molecule has 174 valence electrons. The average Bonchev–Trinajstić information content (AvgIpc) is 3.14. The second kappa shape index (κ2) is 9.37. The van der Waals surface area contributed by atoms with E-state index in [4.69, 9.17) is 19.6 Å². The van der Waals surface area contributed by atoms with E-state index in [9.17, 15) is 0 Å². The molecule has 4 aromatic rings. The minimum absolute atomic E-state index is 0.176. The lowest BCUT2D eigenvalue weighted by atomic mass is 9.67. The number of nitrogens with zero attached hydrogens (tertiary/aromatic N) is 5. The van der Waals surface area contributed by atoms with E-state index in [1.54, 1.807) is 19.5 Å². The molecule has 0 atom stereocenters. The third-order valence-corrected chi connectivity index (χ3v) is 5.27. The van der Waals surface area contributed by atoms with E-state index in [2.05, 4.69) is 29.1 Å². The van der Waals surface area contributed by atoms with Gasteiger partial charge >= 0.3 is 0 Å². The van der Waals surface area contributed by atoms with E-state index in [0.717, 1.165) is 39.2 Å². The van der Waals surface area contributed by atoms with E-state index in [0.29, 0.717) is 18.3 Å². The molecule has 0 saturated carbocycles. The van der Waals surface area contributed by atoms with Crippen molar-refractivity contribution in [2.24, 2.45) is 0 Å². The smallest absolute Gasteiger partial charge is 0.221 e. The highest BCUT2D eigenvalue weighted by Gasteiger charge is 2.21. The lowest BCUT2D eigenvalue weighted by Gasteiger charge is -2.22. The Balaban J connectivity index is 1.86. The van der Waals surface area contributed by atoms with Crippen LogP contribution < -0.4 is 14.8 Å². The Morgan fingerprint density at radius 2 is 1.82 bits per heavy atom. The topological polar surface area (TPSA) is 87.0 Å². The molecule has 4 heterocycles. The van der Waals surface area contributed by atoms with E-state index >= 15 is 0 Å². The summed E-state index contributed by atoms with van der Waals surface area (Å²) in [5.41, 5.74) is 6.16. The van der Waals surface area contributed by atoms with Crippen molar-refractivity contribution in [3.05, 3.63) is 54.0 Å². The van der Waals surface area contributed by atoms with Crippen LogP contribution in [0.5, 0.6) is 11.8 Å². The Hall–Kier alpha value is -3.55. The average molecular weight is 456 g/mol. The standard InChI is InChI=1S/C24H30B2N6O2/c1-14(2)32-21-19(29-13-16-8-6-10-27-22(16)33-5)12-18(30-20(21)15(3)31-32)17-9-7-11-28-23(17)34-24(4,25)26/h6-12,14H,13,25-26H2,1-5H3,(H,29,30). The van der Waals surface area contributed by atoms with Gasteiger partial charge in [0.15, 0.2) is 0 Å². The maximum absolute atomic E-state index is 6.16. The van der Waals surface area contributed by atoms with Gasteiger partial charge in [-0.3, -0.25) is 4.68 Å². The summed E-state index contributed by atoms with van der Waals surface area (Å²) in [6, 6.07) is 10.0. The maximum atomic E-state index is 6.16. The van der Waals surface area contributed by atoms with Crippen molar-refractivity contribution in [3.63, 3.8) is 0 Å². The van der Waals surface area contributed by atoms with Gasteiger partial charge in [0.05, 0.1) is 29.7 Å². The Kier molecular flexibility index (Phi) is 6.50. The molecule has 10 heteroatoms. The van der Waals surface area contributed by atoms with E-state index < -0.39 is 0 Å². The first-order valence-corrected chi connectivity index (χ1v) is 11.4. The van der Waals surface area contributed by atoms with Crippen molar-refractivity contribution in [1.29, 1.82) is 0 Å². The molecule has 0 bridgehead atoms. The minimum atomic E-state index is -0.385. The third kappa shape index (κ3) is 4.85. The van der Waals surface area contributed by atoms with Gasteiger partial charge in [-0.15, -0.1) is 0 Å². The van der Waals surface area contributed by atoms with Crippen LogP contribution in [0.4, 0.5) is 5.69 Å². The number of hydrogen-bond acceptors (Lipinski definition) is 7. The molecule has 8 nitrogen and oxygen atoms in total. The van der Waals surface area contributed by atoms with Gasteiger partial charge in [0.1, 0.15) is 26.7 Å². The fourth-order valence-corrected chi connectivity index (χ4v) is 3.82. The predicted octanol–water partition coefficient (Wildman–Crippen LogP) is 2.72. The Morgan fingerprint density at radius 3 is 2.50 bits per heavy atom. The first kappa shape index (κ1) is 23.6. The lowest BCUT2D eigenvalue weighted by molar-refractivity contribution is 0.251. The fourth-order valence-electron chi connectivity index (χ4n) is 3.82. The second-order valence-electron chi connectivity index (χ2n) is 9.47. The number of aryl methyl sites for hydroxylation is 1. The summed E-state index contributed by atoms with van der Waals surface area (Å²) >= 11 is 0. The first-order valence-electron chi connectivity index (χ1n) is 11.4. The third-order valence-electron chi connectivity index (χ3n) is 5.27. The summed E-state index contributed by atoms with van der Waals surface area (Å²) < 4.78 is 13.6. The molecule has 0 unspecified atom stereocenters. The molecule has 0 fully saturated rings. The van der Waals surface area contributed by atoms with Crippen molar-refractivity contribution < 1.29 is 9.47 Å². The van der Waals surface area contributed by atoms with Gasteiger partial charge in [0.2, 0.25) is 11.8 Å². The highest BCUT2D eigenvalue weighted by molar-refractivity contribution is 6.38. The predicted molar refractivity (Wildman–Crippen MR) is 140 cm³/mol. The molecular formula is C24H30B2N6O2. The number of aromatic nitrogens is 5. The zero-order valence-electron chi connectivity index (χ0n) is 20.9. The quantitative estimate of drug-likeness (QED) is 0.408. The molecule has 0 aromatic carbocycles. The lowest BCUT2D eigenvalue weighted by Crippen LogP contribution is -2.33. The number of rotatable bonds is 8. The van der Waals surface area contributed by atoms with Crippen molar-refractivity contribution in [3.8, 4) is 23.0 Å². The number of anilines is 1. The van der Waals surface area contributed by atoms with Crippen molar-refractivity contribution in [2.75, 3.05) is 12.4 Å². The molecule has 0 spiro atoms. The van der Waals surface area contributed by atoms with E-state index in [1.165, 1.54) is 0 Å². The molecule has 0 aliphatic heterocycles. The van der Waals surface area contributed by atoms with Crippen LogP contribution in [-0.4, -0.2) is 52.9 Å². The van der Waals surface area contributed by atoms with Gasteiger partial charge in [-0.2, -0.15) is 5.10 Å². The molecule has 0 amide bonds. The number of methoxy groups -OCH3 is 1. The maximum Gasteiger partial charge on any atom is 0.221 e. The van der Waals surface area contributed by atoms with Crippen LogP contribution in [0.3, 0.4) is 0 Å². The van der Waals surface area contributed by atoms with Crippen LogP contribution >= 0.6 is 0 Å². The van der Waals surface area contributed by atoms with Gasteiger partial charge in [-0.1, -0.05) is 6.07 Å². The van der Waals surface area contributed by atoms with Crippen molar-refractivity contribution in [2.45, 2.75) is 45.7 Å². The molecule has 1 N–H and O–H groups in total. The molecule has 34 heavy (non-hydrogen) atoms. The summed E-state index contributed by atoms with van der Waals surface area (Å²) in [7, 11) is 5.64. The molecule has 0 radical (unpaired) electrons. The van der Waals surface area contributed by atoms with E-state index in [-0.39, 0.29) is 11.4 Å². The first-order chi connectivity index (χ1) is 16.2. The van der Waals surface area contributed by atoms with Crippen LogP contribution in [0.1, 0.15) is 38.1 Å². The highest BCUT2D eigenvalue weighted by atomic mass is 16.5. The minimum Gasteiger partial charge on any atom is -0.490 e. The highest BCUT2D eigenvalue weighted by Crippen LogP contribution is 2.35. The molecule has 0 aliphatic rings. The van der Waals surface area contributed by atoms with Gasteiger partial charge < -0.3 is 14.8 Å². The van der Waals surface area contributed by atoms with E-state index in [1.807, 2.05) is 64.6 Å².